The number of fused-ring (bicyclic) bond motifs is 1. The topological polar surface area (TPSA) is 66.0 Å². The largest absolute Gasteiger partial charge is 0.748 e. The molecule has 0 amide bonds. The predicted molar refractivity (Wildman–Crippen MR) is 71.9 cm³/mol. The van der Waals surface area contributed by atoms with E-state index in [1.54, 1.807) is 24.3 Å². The molecule has 0 saturated carbocycles. The molecule has 1 aromatic heterocycles. The second-order valence-corrected chi connectivity index (χ2v) is 6.51. The van der Waals surface area contributed by atoms with E-state index in [1.165, 1.54) is 7.05 Å². The number of rotatable bonds is 5. The van der Waals surface area contributed by atoms with Crippen molar-refractivity contribution in [2.24, 2.45) is 7.05 Å². The molecule has 0 aliphatic rings. The van der Waals surface area contributed by atoms with Gasteiger partial charge in [-0.05, 0) is 25.0 Å². The van der Waals surface area contributed by atoms with Crippen LogP contribution in [-0.4, -0.2) is 23.3 Å². The van der Waals surface area contributed by atoms with Crippen molar-refractivity contribution in [2.45, 2.75) is 25.6 Å². The Balaban J connectivity index is 2.35. The summed E-state index contributed by atoms with van der Waals surface area (Å²) >= 11 is 0. The predicted octanol–water partition coefficient (Wildman–Crippen LogP) is 1.81. The number of nitrogens with zero attached hydrogens (tertiary/aromatic N) is 2. The first-order chi connectivity index (χ1) is 10.1. The van der Waals surface area contributed by atoms with E-state index >= 15 is 0 Å². The summed E-state index contributed by atoms with van der Waals surface area (Å²) in [5, 5.41) is 0. The lowest BCUT2D eigenvalue weighted by atomic mass is 10.3. The van der Waals surface area contributed by atoms with E-state index in [9.17, 15) is 26.1 Å². The van der Waals surface area contributed by atoms with Gasteiger partial charge in [-0.3, -0.25) is 0 Å². The molecule has 0 saturated heterocycles. The van der Waals surface area contributed by atoms with E-state index in [1.807, 2.05) is 0 Å². The van der Waals surface area contributed by atoms with Gasteiger partial charge in [-0.25, -0.2) is 17.6 Å². The number of benzene rings is 1. The van der Waals surface area contributed by atoms with Crippen molar-refractivity contribution < 1.29 is 30.7 Å². The van der Waals surface area contributed by atoms with Crippen LogP contribution in [0.5, 0.6) is 0 Å². The fourth-order valence-corrected chi connectivity index (χ4v) is 3.06. The van der Waals surface area contributed by atoms with E-state index < -0.39 is 27.9 Å². The van der Waals surface area contributed by atoms with Gasteiger partial charge in [-0.15, -0.1) is 0 Å². The molecule has 2 rings (SSSR count). The first-order valence-corrected chi connectivity index (χ1v) is 8.17. The quantitative estimate of drug-likeness (QED) is 0.475. The van der Waals surface area contributed by atoms with Gasteiger partial charge in [0.05, 0.1) is 23.7 Å². The third-order valence-corrected chi connectivity index (χ3v) is 4.18. The van der Waals surface area contributed by atoms with Crippen LogP contribution in [0, 0.1) is 0 Å². The summed E-state index contributed by atoms with van der Waals surface area (Å²) in [5.74, 6) is -1.38. The van der Waals surface area contributed by atoms with E-state index in [0.29, 0.717) is 11.0 Å². The molecule has 0 N–H and O–H groups in total. The molecule has 2 aromatic rings. The molecule has 0 fully saturated rings. The number of halogens is 3. The van der Waals surface area contributed by atoms with Gasteiger partial charge in [0.25, 0.3) is 0 Å². The number of alkyl halides is 3. The summed E-state index contributed by atoms with van der Waals surface area (Å²) in [4.78, 5) is 0. The van der Waals surface area contributed by atoms with Crippen LogP contribution in [0.1, 0.15) is 18.7 Å². The van der Waals surface area contributed by atoms with Gasteiger partial charge in [0, 0.05) is 5.75 Å². The number of imidazole rings is 1. The zero-order chi connectivity index (χ0) is 16.5. The minimum absolute atomic E-state index is 0.00822. The van der Waals surface area contributed by atoms with Crippen molar-refractivity contribution in [1.29, 1.82) is 0 Å². The van der Waals surface area contributed by atoms with Gasteiger partial charge in [0.15, 0.2) is 11.0 Å². The summed E-state index contributed by atoms with van der Waals surface area (Å²) in [6, 6.07) is 6.45. The molecule has 0 aliphatic carbocycles. The van der Waals surface area contributed by atoms with Gasteiger partial charge in [0.2, 0.25) is 0 Å². The monoisotopic (exact) mass is 336 g/mol. The first kappa shape index (κ1) is 16.8. The van der Waals surface area contributed by atoms with Crippen LogP contribution in [0.2, 0.25) is 0 Å². The van der Waals surface area contributed by atoms with Crippen LogP contribution in [0.25, 0.3) is 11.0 Å². The van der Waals surface area contributed by atoms with E-state index in [4.69, 9.17) is 0 Å². The van der Waals surface area contributed by atoms with Crippen LogP contribution in [-0.2, 0) is 29.9 Å². The zero-order valence-corrected chi connectivity index (χ0v) is 12.6. The Bertz CT molecular complexity index is 782. The summed E-state index contributed by atoms with van der Waals surface area (Å²) in [7, 11) is -3.00. The summed E-state index contributed by atoms with van der Waals surface area (Å²) in [5.41, 5.74) is 0.855. The number of hydrogen-bond donors (Lipinski definition) is 0. The van der Waals surface area contributed by atoms with E-state index in [0.717, 1.165) is 9.13 Å². The molecular weight excluding hydrogens is 321 g/mol. The second kappa shape index (κ2) is 5.88. The van der Waals surface area contributed by atoms with Crippen LogP contribution in [0.4, 0.5) is 13.2 Å². The molecule has 0 atom stereocenters. The lowest BCUT2D eigenvalue weighted by Crippen LogP contribution is -2.38. The second-order valence-electron chi connectivity index (χ2n) is 4.99. The highest BCUT2D eigenvalue weighted by Crippen LogP contribution is 2.30. The lowest BCUT2D eigenvalue weighted by Gasteiger charge is -2.08. The number of aryl methyl sites for hydroxylation is 2. The van der Waals surface area contributed by atoms with Crippen molar-refractivity contribution in [3.63, 3.8) is 0 Å². The molecule has 0 aliphatic heterocycles. The van der Waals surface area contributed by atoms with Crippen molar-refractivity contribution in [3.05, 3.63) is 30.1 Å². The average molecular weight is 336 g/mol. The maximum atomic E-state index is 13.3. The highest BCUT2D eigenvalue weighted by atomic mass is 32.2. The molecule has 1 heterocycles. The van der Waals surface area contributed by atoms with Gasteiger partial charge < -0.3 is 4.55 Å². The lowest BCUT2D eigenvalue weighted by molar-refractivity contribution is -0.667. The Labute approximate surface area is 125 Å². The van der Waals surface area contributed by atoms with Crippen molar-refractivity contribution in [1.82, 2.24) is 4.57 Å². The fraction of sp³-hybridized carbons (Fsp3) is 0.462. The van der Waals surface area contributed by atoms with Gasteiger partial charge >= 0.3 is 12.0 Å². The minimum Gasteiger partial charge on any atom is -0.748 e. The summed E-state index contributed by atoms with van der Waals surface area (Å²) < 4.78 is 73.6. The van der Waals surface area contributed by atoms with Gasteiger partial charge in [-0.1, -0.05) is 12.1 Å². The van der Waals surface area contributed by atoms with Crippen LogP contribution < -0.4 is 4.57 Å². The first-order valence-electron chi connectivity index (χ1n) is 6.59. The molecule has 0 spiro atoms. The molecule has 0 unspecified atom stereocenters. The minimum atomic E-state index is -4.53. The Kier molecular flexibility index (Phi) is 4.48. The highest BCUT2D eigenvalue weighted by Gasteiger charge is 2.45. The van der Waals surface area contributed by atoms with Gasteiger partial charge in [-0.2, -0.15) is 13.2 Å². The Morgan fingerprint density at radius 2 is 1.86 bits per heavy atom. The number of aromatic nitrogens is 2. The normalized spacial score (nSPS) is 13.0. The molecule has 1 aromatic carbocycles. The van der Waals surface area contributed by atoms with Crippen molar-refractivity contribution in [3.8, 4) is 0 Å². The molecule has 122 valence electrons. The standard InChI is InChI=1S/C13H15F3N2O3S/c1-17-10-6-2-3-7-11(10)18(12(17)13(14,15)16)8-4-5-9-22(19,20)21/h2-3,6-7H,4-5,8-9H2,1H3. The number of para-hydroxylation sites is 2. The maximum absolute atomic E-state index is 13.3. The van der Waals surface area contributed by atoms with Crippen LogP contribution >= 0.6 is 0 Å². The van der Waals surface area contributed by atoms with E-state index in [2.05, 4.69) is 0 Å². The molecule has 9 heteroatoms. The Morgan fingerprint density at radius 1 is 1.23 bits per heavy atom. The summed E-state index contributed by atoms with van der Waals surface area (Å²) in [6.07, 6.45) is -4.33. The SMILES string of the molecule is C[n+]1c(C(F)(F)F)n(CCCCS(=O)(=O)[O-])c2ccccc21. The van der Waals surface area contributed by atoms with Crippen molar-refractivity contribution >= 4 is 21.2 Å². The Morgan fingerprint density at radius 3 is 2.45 bits per heavy atom. The fourth-order valence-electron chi connectivity index (χ4n) is 2.50. The molecule has 0 bridgehead atoms. The number of unbranched alkanes of at least 4 members (excludes halogenated alkanes) is 1. The van der Waals surface area contributed by atoms with E-state index in [-0.39, 0.29) is 19.4 Å². The third-order valence-electron chi connectivity index (χ3n) is 3.39. The van der Waals surface area contributed by atoms with Gasteiger partial charge in [0.1, 0.15) is 0 Å². The summed E-state index contributed by atoms with van der Waals surface area (Å²) in [6.45, 7) is -0.00822. The Hall–Kier alpha value is -1.61. The van der Waals surface area contributed by atoms with Crippen LogP contribution in [0.15, 0.2) is 24.3 Å². The molecule has 0 radical (unpaired) electrons. The average Bonchev–Trinajstić information content (AvgIpc) is 2.67. The van der Waals surface area contributed by atoms with Crippen molar-refractivity contribution in [2.75, 3.05) is 5.75 Å². The smallest absolute Gasteiger partial charge is 0.495 e. The third kappa shape index (κ3) is 3.58. The molecular formula is C13H15F3N2O3S. The highest BCUT2D eigenvalue weighted by molar-refractivity contribution is 7.85. The van der Waals surface area contributed by atoms with Crippen LogP contribution in [0.3, 0.4) is 0 Å². The number of hydrogen-bond acceptors (Lipinski definition) is 3. The maximum Gasteiger partial charge on any atom is 0.495 e. The molecule has 5 nitrogen and oxygen atoms in total. The molecule has 22 heavy (non-hydrogen) atoms. The zero-order valence-electron chi connectivity index (χ0n) is 11.8.